The maximum Gasteiger partial charge on any atom is 0.146 e. The van der Waals surface area contributed by atoms with Crippen molar-refractivity contribution in [1.29, 1.82) is 0 Å². The van der Waals surface area contributed by atoms with Crippen LogP contribution in [-0.2, 0) is 0 Å². The first kappa shape index (κ1) is 10.9. The van der Waals surface area contributed by atoms with Gasteiger partial charge in [0.25, 0.3) is 0 Å². The van der Waals surface area contributed by atoms with E-state index in [-0.39, 0.29) is 5.56 Å². The molecule has 0 saturated carbocycles. The monoisotopic (exact) mass is 229 g/mol. The maximum atomic E-state index is 10.6. The highest BCUT2D eigenvalue weighted by molar-refractivity contribution is 5.87. The van der Waals surface area contributed by atoms with Crippen LogP contribution in [0.2, 0.25) is 0 Å². The van der Waals surface area contributed by atoms with Crippen molar-refractivity contribution in [1.82, 2.24) is 0 Å². The molecular formula is C12H9N2O3-. The summed E-state index contributed by atoms with van der Waals surface area (Å²) >= 11 is 0. The zero-order valence-corrected chi connectivity index (χ0v) is 8.79. The van der Waals surface area contributed by atoms with Crippen molar-refractivity contribution in [2.24, 2.45) is 5.10 Å². The van der Waals surface area contributed by atoms with E-state index in [1.54, 1.807) is 24.3 Å². The summed E-state index contributed by atoms with van der Waals surface area (Å²) in [7, 11) is 0. The molecule has 1 heterocycles. The van der Waals surface area contributed by atoms with Crippen LogP contribution in [0.4, 0.5) is 5.69 Å². The van der Waals surface area contributed by atoms with Gasteiger partial charge in [-0.1, -0.05) is 12.1 Å². The first-order valence-electron chi connectivity index (χ1n) is 4.90. The molecule has 5 nitrogen and oxygen atoms in total. The molecule has 1 N–H and O–H groups in total. The number of carbonyl (C=O) groups excluding carboxylic acids is 1. The summed E-state index contributed by atoms with van der Waals surface area (Å²) in [6, 6.07) is 9.70. The van der Waals surface area contributed by atoms with E-state index >= 15 is 0 Å². The Morgan fingerprint density at radius 3 is 2.94 bits per heavy atom. The fourth-order valence-electron chi connectivity index (χ4n) is 1.25. The second-order valence-electron chi connectivity index (χ2n) is 3.25. The van der Waals surface area contributed by atoms with Gasteiger partial charge in [0.15, 0.2) is 0 Å². The number of nitrogens with zero attached hydrogens (tertiary/aromatic N) is 1. The highest BCUT2D eigenvalue weighted by Gasteiger charge is 1.95. The molecule has 17 heavy (non-hydrogen) atoms. The number of benzene rings is 1. The third kappa shape index (κ3) is 2.94. The van der Waals surface area contributed by atoms with Gasteiger partial charge in [-0.05, 0) is 29.8 Å². The van der Waals surface area contributed by atoms with E-state index in [9.17, 15) is 9.90 Å². The van der Waals surface area contributed by atoms with Gasteiger partial charge in [0.1, 0.15) is 5.76 Å². The summed E-state index contributed by atoms with van der Waals surface area (Å²) in [6.07, 6.45) is 3.03. The fourth-order valence-corrected chi connectivity index (χ4v) is 1.25. The van der Waals surface area contributed by atoms with Crippen LogP contribution in [0, 0.1) is 0 Å². The summed E-state index contributed by atoms with van der Waals surface area (Å²) in [5, 5.41) is 14.5. The lowest BCUT2D eigenvalue weighted by Crippen LogP contribution is -2.22. The standard InChI is InChI=1S/C12H10N2O3/c15-12(16)9-3-1-4-10(7-9)14-13-8-11-5-2-6-17-11/h1-8,14H,(H,15,16)/p-1/b13-8-. The summed E-state index contributed by atoms with van der Waals surface area (Å²) in [5.41, 5.74) is 3.36. The van der Waals surface area contributed by atoms with Gasteiger partial charge >= 0.3 is 0 Å². The predicted octanol–water partition coefficient (Wildman–Crippen LogP) is 1.09. The molecule has 0 bridgehead atoms. The van der Waals surface area contributed by atoms with Crippen molar-refractivity contribution < 1.29 is 14.3 Å². The number of hydrogen-bond donors (Lipinski definition) is 1. The molecule has 0 fully saturated rings. The Kier molecular flexibility index (Phi) is 3.20. The second kappa shape index (κ2) is 4.98. The van der Waals surface area contributed by atoms with E-state index in [4.69, 9.17) is 4.42 Å². The van der Waals surface area contributed by atoms with Crippen LogP contribution in [-0.4, -0.2) is 12.2 Å². The molecule has 5 heteroatoms. The van der Waals surface area contributed by atoms with E-state index in [0.717, 1.165) is 0 Å². The molecule has 2 rings (SSSR count). The molecule has 0 spiro atoms. The van der Waals surface area contributed by atoms with Crippen molar-refractivity contribution in [3.05, 3.63) is 54.0 Å². The number of aromatic carboxylic acids is 1. The lowest BCUT2D eigenvalue weighted by atomic mass is 10.2. The Hall–Kier alpha value is -2.56. The molecule has 0 saturated heterocycles. The van der Waals surface area contributed by atoms with E-state index in [2.05, 4.69) is 10.5 Å². The average molecular weight is 229 g/mol. The molecule has 1 aromatic heterocycles. The predicted molar refractivity (Wildman–Crippen MR) is 60.7 cm³/mol. The highest BCUT2D eigenvalue weighted by atomic mass is 16.4. The van der Waals surface area contributed by atoms with Crippen molar-refractivity contribution in [2.75, 3.05) is 5.43 Å². The number of hydrogen-bond acceptors (Lipinski definition) is 5. The number of carbonyl (C=O) groups is 1. The van der Waals surface area contributed by atoms with Crippen LogP contribution in [0.1, 0.15) is 16.1 Å². The molecule has 0 aliphatic rings. The Balaban J connectivity index is 2.04. The van der Waals surface area contributed by atoms with Crippen LogP contribution in [0.3, 0.4) is 0 Å². The van der Waals surface area contributed by atoms with Crippen molar-refractivity contribution >= 4 is 17.9 Å². The van der Waals surface area contributed by atoms with E-state index in [1.165, 1.54) is 24.6 Å². The van der Waals surface area contributed by atoms with Gasteiger partial charge < -0.3 is 14.3 Å². The summed E-state index contributed by atoms with van der Waals surface area (Å²) in [4.78, 5) is 10.6. The fraction of sp³-hybridized carbons (Fsp3) is 0. The van der Waals surface area contributed by atoms with Gasteiger partial charge in [0.2, 0.25) is 0 Å². The lowest BCUT2D eigenvalue weighted by molar-refractivity contribution is -0.255. The topological polar surface area (TPSA) is 77.7 Å². The minimum absolute atomic E-state index is 0.100. The van der Waals surface area contributed by atoms with Gasteiger partial charge in [0.05, 0.1) is 24.1 Å². The first-order chi connectivity index (χ1) is 8.25. The number of carboxylic acids is 1. The molecular weight excluding hydrogens is 220 g/mol. The van der Waals surface area contributed by atoms with Gasteiger partial charge in [-0.15, -0.1) is 0 Å². The average Bonchev–Trinajstić information content (AvgIpc) is 2.82. The summed E-state index contributed by atoms with van der Waals surface area (Å²) < 4.78 is 5.04. The van der Waals surface area contributed by atoms with Crippen LogP contribution >= 0.6 is 0 Å². The molecule has 0 unspecified atom stereocenters. The summed E-state index contributed by atoms with van der Waals surface area (Å²) in [6.45, 7) is 0. The first-order valence-corrected chi connectivity index (χ1v) is 4.90. The van der Waals surface area contributed by atoms with Gasteiger partial charge in [-0.25, -0.2) is 0 Å². The van der Waals surface area contributed by atoms with Crippen molar-refractivity contribution in [2.45, 2.75) is 0 Å². The molecule has 86 valence electrons. The minimum atomic E-state index is -1.22. The zero-order valence-electron chi connectivity index (χ0n) is 8.79. The van der Waals surface area contributed by atoms with Crippen molar-refractivity contribution in [3.63, 3.8) is 0 Å². The molecule has 2 aromatic rings. The molecule has 0 radical (unpaired) electrons. The van der Waals surface area contributed by atoms with Gasteiger partial charge in [0, 0.05) is 0 Å². The number of carboxylic acid groups (broad SMARTS) is 1. The third-order valence-corrected chi connectivity index (χ3v) is 2.03. The molecule has 0 atom stereocenters. The molecule has 0 amide bonds. The van der Waals surface area contributed by atoms with Crippen LogP contribution in [0.5, 0.6) is 0 Å². The number of anilines is 1. The number of rotatable bonds is 4. The SMILES string of the molecule is O=C([O-])c1cccc(N/N=C\c2ccco2)c1. The number of hydrazone groups is 1. The highest BCUT2D eigenvalue weighted by Crippen LogP contribution is 2.09. The van der Waals surface area contributed by atoms with Gasteiger partial charge in [-0.3, -0.25) is 5.43 Å². The largest absolute Gasteiger partial charge is 0.545 e. The minimum Gasteiger partial charge on any atom is -0.545 e. The van der Waals surface area contributed by atoms with Crippen LogP contribution in [0.15, 0.2) is 52.2 Å². The molecule has 1 aromatic carbocycles. The quantitative estimate of drug-likeness (QED) is 0.628. The zero-order chi connectivity index (χ0) is 12.1. The van der Waals surface area contributed by atoms with E-state index < -0.39 is 5.97 Å². The normalized spacial score (nSPS) is 10.6. The van der Waals surface area contributed by atoms with Crippen molar-refractivity contribution in [3.8, 4) is 0 Å². The van der Waals surface area contributed by atoms with Gasteiger partial charge in [-0.2, -0.15) is 5.10 Å². The lowest BCUT2D eigenvalue weighted by Gasteiger charge is -2.04. The van der Waals surface area contributed by atoms with Crippen LogP contribution < -0.4 is 10.5 Å². The van der Waals surface area contributed by atoms with E-state index in [0.29, 0.717) is 11.4 Å². The third-order valence-electron chi connectivity index (χ3n) is 2.03. The Labute approximate surface area is 97.4 Å². The smallest absolute Gasteiger partial charge is 0.146 e. The number of furan rings is 1. The summed E-state index contributed by atoms with van der Waals surface area (Å²) in [5.74, 6) is -0.614. The Morgan fingerprint density at radius 2 is 2.24 bits per heavy atom. The Bertz CT molecular complexity index is 532. The Morgan fingerprint density at radius 1 is 1.35 bits per heavy atom. The van der Waals surface area contributed by atoms with E-state index in [1.807, 2.05) is 0 Å². The molecule has 0 aliphatic carbocycles. The second-order valence-corrected chi connectivity index (χ2v) is 3.25. The number of nitrogens with one attached hydrogen (secondary N) is 1. The van der Waals surface area contributed by atoms with Crippen LogP contribution in [0.25, 0.3) is 0 Å². The maximum absolute atomic E-state index is 10.6. The molecule has 0 aliphatic heterocycles.